The van der Waals surface area contributed by atoms with Crippen molar-refractivity contribution in [3.05, 3.63) is 50.7 Å². The minimum atomic E-state index is -0.206. The van der Waals surface area contributed by atoms with Crippen LogP contribution in [0.1, 0.15) is 34.9 Å². The third kappa shape index (κ3) is 3.04. The molecule has 3 rings (SSSR count). The molecule has 1 aliphatic rings. The number of nitrogens with one attached hydrogen (secondary N) is 1. The van der Waals surface area contributed by atoms with Gasteiger partial charge in [0.15, 0.2) is 0 Å². The van der Waals surface area contributed by atoms with Crippen LogP contribution < -0.4 is 5.32 Å². The highest BCUT2D eigenvalue weighted by molar-refractivity contribution is 9.10. The molecule has 1 heterocycles. The Morgan fingerprint density at radius 2 is 2.05 bits per heavy atom. The second kappa shape index (κ2) is 5.66. The number of rotatable bonds is 3. The highest BCUT2D eigenvalue weighted by Gasteiger charge is 2.28. The predicted octanol–water partition coefficient (Wildman–Crippen LogP) is 4.47. The number of aromatic nitrogens is 1. The molecular weight excluding hydrogens is 398 g/mol. The standard InChI is InChI=1S/C15H11Br2N3O/c16-10-2-1-9(7-18)13(5-10)19-15(21)14-6-11(17)8-20(14)12-3-4-12/h1-2,5-6,8,12H,3-4H2,(H,19,21). The Kier molecular flexibility index (Phi) is 3.87. The molecule has 106 valence electrons. The third-order valence-electron chi connectivity index (χ3n) is 3.34. The first-order valence-electron chi connectivity index (χ1n) is 6.47. The van der Waals surface area contributed by atoms with Crippen molar-refractivity contribution in [2.24, 2.45) is 0 Å². The predicted molar refractivity (Wildman–Crippen MR) is 87.2 cm³/mol. The molecule has 0 atom stereocenters. The molecule has 0 spiro atoms. The Morgan fingerprint density at radius 1 is 1.29 bits per heavy atom. The topological polar surface area (TPSA) is 57.8 Å². The number of halogens is 2. The summed E-state index contributed by atoms with van der Waals surface area (Å²) in [4.78, 5) is 12.5. The molecule has 0 aliphatic heterocycles. The zero-order valence-electron chi connectivity index (χ0n) is 10.9. The number of benzene rings is 1. The van der Waals surface area contributed by atoms with Gasteiger partial charge in [0.05, 0.1) is 11.3 Å². The number of hydrogen-bond acceptors (Lipinski definition) is 2. The van der Waals surface area contributed by atoms with Gasteiger partial charge in [0.1, 0.15) is 11.8 Å². The van der Waals surface area contributed by atoms with Gasteiger partial charge in [-0.05, 0) is 53.0 Å². The zero-order chi connectivity index (χ0) is 15.0. The molecule has 1 fully saturated rings. The molecule has 0 bridgehead atoms. The van der Waals surface area contributed by atoms with E-state index in [0.29, 0.717) is 23.0 Å². The molecule has 1 aromatic heterocycles. The maximum atomic E-state index is 12.5. The number of amides is 1. The van der Waals surface area contributed by atoms with Gasteiger partial charge in [0.25, 0.3) is 5.91 Å². The average molecular weight is 409 g/mol. The van der Waals surface area contributed by atoms with Gasteiger partial charge in [-0.1, -0.05) is 15.9 Å². The molecule has 1 N–H and O–H groups in total. The van der Waals surface area contributed by atoms with E-state index >= 15 is 0 Å². The molecule has 6 heteroatoms. The van der Waals surface area contributed by atoms with Gasteiger partial charge in [-0.25, -0.2) is 0 Å². The summed E-state index contributed by atoms with van der Waals surface area (Å²) in [5, 5.41) is 11.9. The lowest BCUT2D eigenvalue weighted by molar-refractivity contribution is 0.101. The molecule has 0 saturated heterocycles. The van der Waals surface area contributed by atoms with Crippen molar-refractivity contribution in [3.63, 3.8) is 0 Å². The Labute approximate surface area is 139 Å². The highest BCUT2D eigenvalue weighted by Crippen LogP contribution is 2.37. The van der Waals surface area contributed by atoms with Gasteiger partial charge >= 0.3 is 0 Å². The van der Waals surface area contributed by atoms with Crippen LogP contribution in [0.5, 0.6) is 0 Å². The maximum Gasteiger partial charge on any atom is 0.272 e. The second-order valence-corrected chi connectivity index (χ2v) is 6.77. The number of nitriles is 1. The molecule has 0 unspecified atom stereocenters. The van der Waals surface area contributed by atoms with Crippen molar-refractivity contribution in [2.45, 2.75) is 18.9 Å². The Bertz CT molecular complexity index is 757. The van der Waals surface area contributed by atoms with Gasteiger partial charge in [0, 0.05) is 21.2 Å². The summed E-state index contributed by atoms with van der Waals surface area (Å²) in [6, 6.07) is 9.48. The SMILES string of the molecule is N#Cc1ccc(Br)cc1NC(=O)c1cc(Br)cn1C1CC1. The van der Waals surface area contributed by atoms with Crippen LogP contribution in [0.2, 0.25) is 0 Å². The molecule has 1 aromatic carbocycles. The van der Waals surface area contributed by atoms with Crippen molar-refractivity contribution in [2.75, 3.05) is 5.32 Å². The molecule has 1 aliphatic carbocycles. The van der Waals surface area contributed by atoms with Crippen molar-refractivity contribution < 1.29 is 4.79 Å². The first kappa shape index (κ1) is 14.4. The normalized spacial score (nSPS) is 13.8. The van der Waals surface area contributed by atoms with E-state index < -0.39 is 0 Å². The van der Waals surface area contributed by atoms with E-state index in [1.165, 1.54) is 0 Å². The lowest BCUT2D eigenvalue weighted by Crippen LogP contribution is -2.17. The summed E-state index contributed by atoms with van der Waals surface area (Å²) in [7, 11) is 0. The Morgan fingerprint density at radius 3 is 2.71 bits per heavy atom. The van der Waals surface area contributed by atoms with Gasteiger partial charge in [-0.3, -0.25) is 4.79 Å². The van der Waals surface area contributed by atoms with Crippen molar-refractivity contribution in [1.82, 2.24) is 4.57 Å². The fourth-order valence-electron chi connectivity index (χ4n) is 2.19. The summed E-state index contributed by atoms with van der Waals surface area (Å²) >= 11 is 6.76. The van der Waals surface area contributed by atoms with E-state index in [1.807, 2.05) is 10.8 Å². The minimum absolute atomic E-state index is 0.206. The lowest BCUT2D eigenvalue weighted by Gasteiger charge is -2.10. The smallest absolute Gasteiger partial charge is 0.272 e. The van der Waals surface area contributed by atoms with Crippen LogP contribution in [0, 0.1) is 11.3 Å². The number of carbonyl (C=O) groups is 1. The summed E-state index contributed by atoms with van der Waals surface area (Å²) in [6.07, 6.45) is 4.13. The molecule has 1 amide bonds. The van der Waals surface area contributed by atoms with E-state index in [-0.39, 0.29) is 5.91 Å². The molecular formula is C15H11Br2N3O. The van der Waals surface area contributed by atoms with Gasteiger partial charge in [-0.2, -0.15) is 5.26 Å². The first-order valence-corrected chi connectivity index (χ1v) is 8.05. The largest absolute Gasteiger partial charge is 0.339 e. The highest BCUT2D eigenvalue weighted by atomic mass is 79.9. The van der Waals surface area contributed by atoms with Crippen molar-refractivity contribution in [3.8, 4) is 6.07 Å². The molecule has 0 radical (unpaired) electrons. The van der Waals surface area contributed by atoms with E-state index in [0.717, 1.165) is 21.8 Å². The van der Waals surface area contributed by atoms with E-state index in [2.05, 4.69) is 43.2 Å². The number of anilines is 1. The van der Waals surface area contributed by atoms with Gasteiger partial charge < -0.3 is 9.88 Å². The molecule has 4 nitrogen and oxygen atoms in total. The van der Waals surface area contributed by atoms with E-state index in [1.54, 1.807) is 24.3 Å². The molecule has 2 aromatic rings. The summed E-state index contributed by atoms with van der Waals surface area (Å²) in [6.45, 7) is 0. The number of carbonyl (C=O) groups excluding carboxylic acids is 1. The summed E-state index contributed by atoms with van der Waals surface area (Å²) in [5.41, 5.74) is 1.56. The first-order chi connectivity index (χ1) is 10.1. The van der Waals surface area contributed by atoms with Crippen LogP contribution in [0.3, 0.4) is 0 Å². The Hall–Kier alpha value is -1.58. The summed E-state index contributed by atoms with van der Waals surface area (Å²) in [5.74, 6) is -0.206. The third-order valence-corrected chi connectivity index (χ3v) is 4.27. The fourth-order valence-corrected chi connectivity index (χ4v) is 2.98. The van der Waals surface area contributed by atoms with Crippen molar-refractivity contribution in [1.29, 1.82) is 5.26 Å². The van der Waals surface area contributed by atoms with E-state index in [9.17, 15) is 4.79 Å². The Balaban J connectivity index is 1.90. The lowest BCUT2D eigenvalue weighted by atomic mass is 10.2. The summed E-state index contributed by atoms with van der Waals surface area (Å²) < 4.78 is 3.69. The monoisotopic (exact) mass is 407 g/mol. The minimum Gasteiger partial charge on any atom is -0.339 e. The second-order valence-electron chi connectivity index (χ2n) is 4.94. The van der Waals surface area contributed by atoms with Gasteiger partial charge in [0.2, 0.25) is 0 Å². The van der Waals surface area contributed by atoms with Crippen LogP contribution in [-0.4, -0.2) is 10.5 Å². The zero-order valence-corrected chi connectivity index (χ0v) is 14.1. The molecule has 1 saturated carbocycles. The average Bonchev–Trinajstić information content (AvgIpc) is 3.21. The number of hydrogen-bond donors (Lipinski definition) is 1. The van der Waals surface area contributed by atoms with E-state index in [4.69, 9.17) is 5.26 Å². The van der Waals surface area contributed by atoms with Crippen LogP contribution in [0.15, 0.2) is 39.4 Å². The fraction of sp³-hybridized carbons (Fsp3) is 0.200. The van der Waals surface area contributed by atoms with Crippen molar-refractivity contribution >= 4 is 43.5 Å². The van der Waals surface area contributed by atoms with Crippen LogP contribution in [0.4, 0.5) is 5.69 Å². The number of nitrogens with zero attached hydrogens (tertiary/aromatic N) is 2. The maximum absolute atomic E-state index is 12.5. The van der Waals surface area contributed by atoms with Crippen LogP contribution >= 0.6 is 31.9 Å². The van der Waals surface area contributed by atoms with Crippen LogP contribution in [0.25, 0.3) is 0 Å². The van der Waals surface area contributed by atoms with Crippen LogP contribution in [-0.2, 0) is 0 Å². The quantitative estimate of drug-likeness (QED) is 0.814. The molecule has 21 heavy (non-hydrogen) atoms. The van der Waals surface area contributed by atoms with Gasteiger partial charge in [-0.15, -0.1) is 0 Å².